The van der Waals surface area contributed by atoms with E-state index < -0.39 is 11.6 Å². The molecule has 6 heteroatoms. The van der Waals surface area contributed by atoms with Crippen LogP contribution in [0.25, 0.3) is 0 Å². The van der Waals surface area contributed by atoms with Crippen LogP contribution in [0.3, 0.4) is 0 Å². The number of halogens is 1. The minimum atomic E-state index is -0.959. The van der Waals surface area contributed by atoms with Gasteiger partial charge in [0.15, 0.2) is 0 Å². The average molecular weight is 389 g/mol. The van der Waals surface area contributed by atoms with Crippen LogP contribution in [0.4, 0.5) is 5.69 Å². The summed E-state index contributed by atoms with van der Waals surface area (Å²) in [4.78, 5) is 11.2. The van der Waals surface area contributed by atoms with Gasteiger partial charge in [0.1, 0.15) is 11.4 Å². The highest BCUT2D eigenvalue weighted by Gasteiger charge is 2.21. The minimum absolute atomic E-state index is 0.243. The number of carbonyl (C=O) groups is 1. The summed E-state index contributed by atoms with van der Waals surface area (Å²) in [6.45, 7) is 6.44. The molecule has 0 aromatic heterocycles. The maximum absolute atomic E-state index is 11.2. The van der Waals surface area contributed by atoms with Crippen molar-refractivity contribution >= 4 is 29.5 Å². The molecule has 0 heterocycles. The number of aryl methyl sites for hydroxylation is 2. The third kappa shape index (κ3) is 6.00. The van der Waals surface area contributed by atoms with Crippen molar-refractivity contribution in [3.8, 4) is 5.75 Å². The number of carboxylic acid groups (broad SMARTS) is 1. The number of aromatic carboxylic acids is 1. The molecule has 27 heavy (non-hydrogen) atoms. The van der Waals surface area contributed by atoms with E-state index in [1.807, 2.05) is 32.9 Å². The molecule has 0 spiro atoms. The standard InChI is InChI=1S/C21H25ClN2O3/c1-14-11-17(22)7-9-19(14)27-21(2,3)13-24-18-8-6-16(20(25)26)12-15(18)5-4-10-23/h6-12,23-24H,4-5,13H2,1-3H3,(H,25,26). The second-order valence-corrected chi connectivity index (χ2v) is 7.48. The summed E-state index contributed by atoms with van der Waals surface area (Å²) in [6.07, 6.45) is 2.49. The Morgan fingerprint density at radius 2 is 2.04 bits per heavy atom. The van der Waals surface area contributed by atoms with Crippen molar-refractivity contribution in [1.82, 2.24) is 0 Å². The summed E-state index contributed by atoms with van der Waals surface area (Å²) in [5.41, 5.74) is 2.44. The Morgan fingerprint density at radius 3 is 2.67 bits per heavy atom. The van der Waals surface area contributed by atoms with Crippen LogP contribution in [0.15, 0.2) is 36.4 Å². The molecule has 0 aliphatic heterocycles. The van der Waals surface area contributed by atoms with Crippen molar-refractivity contribution < 1.29 is 14.6 Å². The lowest BCUT2D eigenvalue weighted by Crippen LogP contribution is -2.37. The van der Waals surface area contributed by atoms with Crippen LogP contribution in [0.5, 0.6) is 5.75 Å². The maximum atomic E-state index is 11.2. The quantitative estimate of drug-likeness (QED) is 0.515. The van der Waals surface area contributed by atoms with Crippen LogP contribution in [0.2, 0.25) is 5.02 Å². The van der Waals surface area contributed by atoms with Crippen molar-refractivity contribution in [2.75, 3.05) is 11.9 Å². The van der Waals surface area contributed by atoms with Crippen LogP contribution in [-0.4, -0.2) is 29.4 Å². The van der Waals surface area contributed by atoms with Gasteiger partial charge < -0.3 is 20.6 Å². The Bertz CT molecular complexity index is 834. The Balaban J connectivity index is 2.13. The van der Waals surface area contributed by atoms with Gasteiger partial charge in [-0.05, 0) is 87.4 Å². The molecule has 0 amide bonds. The zero-order valence-electron chi connectivity index (χ0n) is 15.8. The molecule has 3 N–H and O–H groups in total. The molecule has 0 unspecified atom stereocenters. The number of nitrogens with one attached hydrogen (secondary N) is 2. The van der Waals surface area contributed by atoms with Gasteiger partial charge in [-0.25, -0.2) is 4.79 Å². The van der Waals surface area contributed by atoms with E-state index >= 15 is 0 Å². The lowest BCUT2D eigenvalue weighted by molar-refractivity contribution is 0.0696. The molecule has 0 aliphatic carbocycles. The molecule has 144 valence electrons. The van der Waals surface area contributed by atoms with Crippen molar-refractivity contribution in [3.63, 3.8) is 0 Å². The highest BCUT2D eigenvalue weighted by atomic mass is 35.5. The van der Waals surface area contributed by atoms with E-state index in [9.17, 15) is 9.90 Å². The molecule has 5 nitrogen and oxygen atoms in total. The van der Waals surface area contributed by atoms with Gasteiger partial charge in [-0.3, -0.25) is 0 Å². The lowest BCUT2D eigenvalue weighted by Gasteiger charge is -2.28. The fourth-order valence-corrected chi connectivity index (χ4v) is 2.93. The predicted octanol–water partition coefficient (Wildman–Crippen LogP) is 5.20. The summed E-state index contributed by atoms with van der Waals surface area (Å²) in [5.74, 6) is -0.184. The number of benzene rings is 2. The first kappa shape index (κ1) is 20.8. The third-order valence-electron chi connectivity index (χ3n) is 4.14. The van der Waals surface area contributed by atoms with Gasteiger partial charge in [-0.2, -0.15) is 0 Å². The largest absolute Gasteiger partial charge is 0.486 e. The molecule has 0 bridgehead atoms. The fraction of sp³-hybridized carbons (Fsp3) is 0.333. The van der Waals surface area contributed by atoms with E-state index in [0.29, 0.717) is 24.4 Å². The van der Waals surface area contributed by atoms with E-state index in [-0.39, 0.29) is 5.56 Å². The number of hydrogen-bond donors (Lipinski definition) is 3. The Labute approximate surface area is 164 Å². The zero-order chi connectivity index (χ0) is 20.0. The SMILES string of the molecule is Cc1cc(Cl)ccc1OC(C)(C)CNc1ccc(C(=O)O)cc1CCC=N. The summed E-state index contributed by atoms with van der Waals surface area (Å²) in [5, 5.41) is 20.5. The Morgan fingerprint density at radius 1 is 1.30 bits per heavy atom. The highest BCUT2D eigenvalue weighted by Crippen LogP contribution is 2.27. The van der Waals surface area contributed by atoms with Crippen molar-refractivity contribution in [1.29, 1.82) is 5.41 Å². The van der Waals surface area contributed by atoms with Crippen LogP contribution in [0, 0.1) is 12.3 Å². The first-order valence-corrected chi connectivity index (χ1v) is 9.14. The van der Waals surface area contributed by atoms with Crippen LogP contribution < -0.4 is 10.1 Å². The Kier molecular flexibility index (Phi) is 6.86. The predicted molar refractivity (Wildman–Crippen MR) is 110 cm³/mol. The van der Waals surface area contributed by atoms with Gasteiger partial charge in [0, 0.05) is 10.7 Å². The fourth-order valence-electron chi connectivity index (χ4n) is 2.70. The molecule has 0 saturated carbocycles. The maximum Gasteiger partial charge on any atom is 0.335 e. The smallest absolute Gasteiger partial charge is 0.335 e. The Hall–Kier alpha value is -2.53. The summed E-state index contributed by atoms with van der Waals surface area (Å²) < 4.78 is 6.14. The number of ether oxygens (including phenoxy) is 1. The highest BCUT2D eigenvalue weighted by molar-refractivity contribution is 6.30. The normalized spacial score (nSPS) is 11.1. The van der Waals surface area contributed by atoms with Gasteiger partial charge in [0.05, 0.1) is 12.1 Å². The van der Waals surface area contributed by atoms with Crippen molar-refractivity contribution in [2.45, 2.75) is 39.2 Å². The summed E-state index contributed by atoms with van der Waals surface area (Å²) in [6, 6.07) is 10.5. The molecule has 2 aromatic carbocycles. The number of carboxylic acids is 1. The van der Waals surface area contributed by atoms with E-state index in [0.717, 1.165) is 22.6 Å². The molecular formula is C21H25ClN2O3. The summed E-state index contributed by atoms with van der Waals surface area (Å²) >= 11 is 6.00. The molecule has 2 rings (SSSR count). The van der Waals surface area contributed by atoms with Gasteiger partial charge in [-0.15, -0.1) is 0 Å². The van der Waals surface area contributed by atoms with Gasteiger partial charge in [-0.1, -0.05) is 11.6 Å². The van der Waals surface area contributed by atoms with Gasteiger partial charge >= 0.3 is 5.97 Å². The van der Waals surface area contributed by atoms with Gasteiger partial charge in [0.25, 0.3) is 0 Å². The first-order valence-electron chi connectivity index (χ1n) is 8.76. The van der Waals surface area contributed by atoms with Gasteiger partial charge in [0.2, 0.25) is 0 Å². The molecule has 0 saturated heterocycles. The van der Waals surface area contributed by atoms with Crippen molar-refractivity contribution in [3.05, 3.63) is 58.1 Å². The molecule has 0 atom stereocenters. The topological polar surface area (TPSA) is 82.4 Å². The molecular weight excluding hydrogens is 364 g/mol. The number of hydrogen-bond acceptors (Lipinski definition) is 4. The second kappa shape index (κ2) is 8.91. The van der Waals surface area contributed by atoms with E-state index in [1.54, 1.807) is 24.3 Å². The average Bonchev–Trinajstić information content (AvgIpc) is 2.60. The van der Waals surface area contributed by atoms with E-state index in [4.69, 9.17) is 21.7 Å². The number of rotatable bonds is 9. The van der Waals surface area contributed by atoms with Crippen LogP contribution in [0.1, 0.15) is 41.8 Å². The summed E-state index contributed by atoms with van der Waals surface area (Å²) in [7, 11) is 0. The zero-order valence-corrected chi connectivity index (χ0v) is 16.6. The van der Waals surface area contributed by atoms with E-state index in [2.05, 4.69) is 5.32 Å². The first-order chi connectivity index (χ1) is 12.7. The van der Waals surface area contributed by atoms with Crippen LogP contribution >= 0.6 is 11.6 Å². The minimum Gasteiger partial charge on any atom is -0.486 e. The second-order valence-electron chi connectivity index (χ2n) is 7.05. The molecule has 2 aromatic rings. The van der Waals surface area contributed by atoms with Crippen LogP contribution in [-0.2, 0) is 6.42 Å². The molecule has 0 fully saturated rings. The van der Waals surface area contributed by atoms with Crippen molar-refractivity contribution in [2.24, 2.45) is 0 Å². The van der Waals surface area contributed by atoms with E-state index in [1.165, 1.54) is 6.21 Å². The monoisotopic (exact) mass is 388 g/mol. The molecule has 0 aliphatic rings. The third-order valence-corrected chi connectivity index (χ3v) is 4.37. The lowest BCUT2D eigenvalue weighted by atomic mass is 10.0. The number of anilines is 1. The molecule has 0 radical (unpaired) electrons.